The summed E-state index contributed by atoms with van der Waals surface area (Å²) in [5.41, 5.74) is 0.409. The number of benzene rings is 2. The van der Waals surface area contributed by atoms with Crippen molar-refractivity contribution in [2.75, 3.05) is 75.6 Å². The number of methoxy groups -OCH3 is 1. The molecule has 3 saturated heterocycles. The summed E-state index contributed by atoms with van der Waals surface area (Å²) in [6.07, 6.45) is 3.64. The van der Waals surface area contributed by atoms with Gasteiger partial charge in [0.05, 0.1) is 20.1 Å². The van der Waals surface area contributed by atoms with Crippen LogP contribution in [0, 0.1) is 18.8 Å². The maximum absolute atomic E-state index is 15.1. The number of piperidine rings is 1. The lowest BCUT2D eigenvalue weighted by Gasteiger charge is -2.45. The summed E-state index contributed by atoms with van der Waals surface area (Å²) in [5.74, 6) is -7.94. The van der Waals surface area contributed by atoms with Gasteiger partial charge in [0.1, 0.15) is 65.7 Å². The topological polar surface area (TPSA) is 288 Å². The Hall–Kier alpha value is -7.64. The highest BCUT2D eigenvalue weighted by Crippen LogP contribution is 2.27. The molecule has 3 aliphatic heterocycles. The van der Waals surface area contributed by atoms with Crippen LogP contribution in [-0.4, -0.2) is 246 Å². The van der Waals surface area contributed by atoms with Gasteiger partial charge in [-0.3, -0.25) is 57.5 Å². The molecule has 2 aromatic rings. The summed E-state index contributed by atoms with van der Waals surface area (Å²) in [7, 11) is 10.0. The number of aryl methyl sites for hydroxylation is 1. The van der Waals surface area contributed by atoms with Crippen LogP contribution in [-0.2, 0) is 70.4 Å². The first-order valence-electron chi connectivity index (χ1n) is 33.9. The van der Waals surface area contributed by atoms with E-state index < -0.39 is 150 Å². The lowest BCUT2D eigenvalue weighted by Crippen LogP contribution is -2.65. The van der Waals surface area contributed by atoms with Crippen molar-refractivity contribution < 1.29 is 62.3 Å². The molecular weight excluding hydrogens is 1300 g/mol. The zero-order valence-electron chi connectivity index (χ0n) is 59.7. The van der Waals surface area contributed by atoms with Gasteiger partial charge in [-0.1, -0.05) is 94.9 Å². The van der Waals surface area contributed by atoms with Crippen LogP contribution in [0.25, 0.3) is 0 Å². The van der Waals surface area contributed by atoms with E-state index in [1.165, 1.54) is 99.6 Å². The summed E-state index contributed by atoms with van der Waals surface area (Å²) in [4.78, 5) is 188. The number of amides is 12. The summed E-state index contributed by atoms with van der Waals surface area (Å²) in [5, 5.41) is 11.5. The molecule has 12 amide bonds. The lowest BCUT2D eigenvalue weighted by atomic mass is 9.95. The van der Waals surface area contributed by atoms with E-state index in [0.717, 1.165) is 16.9 Å². The smallest absolute Gasteiger partial charge is 0.246 e. The number of hydrogen-bond donors (Lipinski definition) is 4. The fourth-order valence-electron chi connectivity index (χ4n) is 12.4. The molecule has 96 heavy (non-hydrogen) atoms. The molecule has 0 aromatic heterocycles. The highest BCUT2D eigenvalue weighted by molar-refractivity contribution is 9.10. The number of halogens is 1. The van der Waals surface area contributed by atoms with Crippen LogP contribution in [0.4, 0.5) is 0 Å². The van der Waals surface area contributed by atoms with Crippen LogP contribution in [0.1, 0.15) is 150 Å². The molecule has 25 nitrogen and oxygen atoms in total. The van der Waals surface area contributed by atoms with Crippen molar-refractivity contribution in [1.29, 1.82) is 0 Å². The van der Waals surface area contributed by atoms with Gasteiger partial charge in [-0.25, -0.2) is 0 Å². The Morgan fingerprint density at radius 3 is 1.90 bits per heavy atom. The molecule has 3 fully saturated rings. The molecule has 10 atom stereocenters. The van der Waals surface area contributed by atoms with Gasteiger partial charge in [0, 0.05) is 79.2 Å². The van der Waals surface area contributed by atoms with Crippen molar-refractivity contribution in [1.82, 2.24) is 60.5 Å². The van der Waals surface area contributed by atoms with Crippen molar-refractivity contribution in [2.45, 2.75) is 213 Å². The lowest BCUT2D eigenvalue weighted by molar-refractivity contribution is -0.160. The van der Waals surface area contributed by atoms with Crippen LogP contribution in [0.15, 0.2) is 46.9 Å². The Labute approximate surface area is 576 Å². The second-order valence-corrected chi connectivity index (χ2v) is 28.2. The van der Waals surface area contributed by atoms with E-state index in [4.69, 9.17) is 4.74 Å². The number of carbonyl (C=O) groups excluding carboxylic acids is 12. The summed E-state index contributed by atoms with van der Waals surface area (Å²) in [6.45, 7) is 17.6. The second-order valence-electron chi connectivity index (χ2n) is 27.2. The molecule has 0 unspecified atom stereocenters. The molecule has 5 rings (SSSR count). The second kappa shape index (κ2) is 35.6. The number of nitrogens with zero attached hydrogens (tertiary/aromatic N) is 8. The quantitative estimate of drug-likeness (QED) is 0.206. The number of fused-ring (bicyclic) bond motifs is 1. The molecule has 4 N–H and O–H groups in total. The third-order valence-electron chi connectivity index (χ3n) is 19.7. The van der Waals surface area contributed by atoms with E-state index in [1.807, 2.05) is 52.8 Å². The van der Waals surface area contributed by atoms with E-state index in [9.17, 15) is 52.7 Å². The first-order chi connectivity index (χ1) is 45.1. The maximum atomic E-state index is 15.1. The van der Waals surface area contributed by atoms with Gasteiger partial charge < -0.3 is 65.2 Å². The minimum atomic E-state index is -1.70. The van der Waals surface area contributed by atoms with Gasteiger partial charge in [-0.05, 0) is 125 Å². The Morgan fingerprint density at radius 2 is 1.32 bits per heavy atom. The standard InChI is InChI=1S/C70H107BrN12O13/c1-18-21-25-50-64(90)81(16)70(9,10)69(95)74-52(36-42(4)5)63(89)79(14)56(67(93)82-33-23-22-24-34-82)40-58(85)78(13)53(20-3)61(87)75-59(43(6)19-2)68(94)77(12)45(8)62(88)83-35-32-54(83)66(92)80(15)55(37-46-27-30-49(96-17)31-28-46)65(91)76(11)41-57(84)72-51(60(86)73-50)39-47-38-48(71)29-26-44(47)7/h26-31,38,42-43,45,50-56,59H,18-25,32-37,39-41H2,1-17H3,(H,72,84)(H,73,86)(H,74,95)(H,75,87)/t43-,45-,50-,51-,52-,53-,54-,55-,56-,59-/m0/s1. The average Bonchev–Trinajstić information content (AvgIpc) is 0.837. The van der Waals surface area contributed by atoms with Crippen LogP contribution in [0.5, 0.6) is 5.75 Å². The summed E-state index contributed by atoms with van der Waals surface area (Å²) < 4.78 is 6.08. The Bertz CT molecular complexity index is 3120. The Balaban J connectivity index is 1.63. The number of unbranched alkanes of at least 4 members (excludes halogenated alkanes) is 1. The fraction of sp³-hybridized carbons (Fsp3) is 0.657. The highest BCUT2D eigenvalue weighted by Gasteiger charge is 2.47. The van der Waals surface area contributed by atoms with Crippen molar-refractivity contribution in [2.24, 2.45) is 11.8 Å². The van der Waals surface area contributed by atoms with Crippen LogP contribution < -0.4 is 26.0 Å². The summed E-state index contributed by atoms with van der Waals surface area (Å²) >= 11 is 3.53. The van der Waals surface area contributed by atoms with Gasteiger partial charge in [-0.2, -0.15) is 0 Å². The van der Waals surface area contributed by atoms with Crippen LogP contribution in [0.2, 0.25) is 0 Å². The molecule has 0 radical (unpaired) electrons. The van der Waals surface area contributed by atoms with E-state index in [1.54, 1.807) is 43.0 Å². The largest absolute Gasteiger partial charge is 0.497 e. The number of ether oxygens (including phenoxy) is 1. The zero-order chi connectivity index (χ0) is 71.8. The molecule has 0 spiro atoms. The van der Waals surface area contributed by atoms with Gasteiger partial charge in [0.15, 0.2) is 0 Å². The number of rotatable bonds is 14. The minimum absolute atomic E-state index is 0.0306. The number of likely N-dealkylation sites (tertiary alicyclic amines) is 1. The van der Waals surface area contributed by atoms with Gasteiger partial charge in [-0.15, -0.1) is 0 Å². The van der Waals surface area contributed by atoms with Crippen LogP contribution in [0.3, 0.4) is 0 Å². The van der Waals surface area contributed by atoms with Gasteiger partial charge in [0.25, 0.3) is 0 Å². The third-order valence-corrected chi connectivity index (χ3v) is 20.2. The first-order valence-corrected chi connectivity index (χ1v) is 34.7. The van der Waals surface area contributed by atoms with Crippen molar-refractivity contribution in [3.63, 3.8) is 0 Å². The third kappa shape index (κ3) is 19.8. The Kier molecular flexibility index (Phi) is 29.3. The normalized spacial score (nSPS) is 25.6. The average molecular weight is 1400 g/mol. The molecular formula is C70H107BrN12O13. The Morgan fingerprint density at radius 1 is 0.677 bits per heavy atom. The minimum Gasteiger partial charge on any atom is -0.497 e. The summed E-state index contributed by atoms with van der Waals surface area (Å²) in [6, 6.07) is 1.33. The predicted molar refractivity (Wildman–Crippen MR) is 367 cm³/mol. The molecule has 0 aliphatic carbocycles. The predicted octanol–water partition coefficient (Wildman–Crippen LogP) is 4.22. The number of nitrogens with one attached hydrogen (secondary N) is 4. The van der Waals surface area contributed by atoms with Crippen LogP contribution >= 0.6 is 15.9 Å². The van der Waals surface area contributed by atoms with E-state index in [-0.39, 0.29) is 51.0 Å². The van der Waals surface area contributed by atoms with Crippen molar-refractivity contribution in [3.8, 4) is 5.75 Å². The monoisotopic (exact) mass is 1400 g/mol. The molecule has 0 bridgehead atoms. The first kappa shape index (κ1) is 79.1. The molecule has 3 aliphatic rings. The van der Waals surface area contributed by atoms with Crippen molar-refractivity contribution in [3.05, 3.63) is 63.6 Å². The number of likely N-dealkylation sites (N-methyl/N-ethyl adjacent to an activating group) is 6. The highest BCUT2D eigenvalue weighted by atomic mass is 79.9. The van der Waals surface area contributed by atoms with E-state index in [0.29, 0.717) is 66.5 Å². The maximum Gasteiger partial charge on any atom is 0.246 e. The van der Waals surface area contributed by atoms with Gasteiger partial charge >= 0.3 is 0 Å². The molecule has 0 saturated carbocycles. The molecule has 3 heterocycles. The SMILES string of the molecule is CCCC[C@@H]1NC(=O)[C@H](Cc2cc(Br)ccc2C)NC(=O)CN(C)C(=O)[C@H](Cc2ccc(OC)cc2)N(C)C(=O)[C@@H]2CCN2C(=O)[C@H](C)N(C)C(=O)[C@H]([C@@H](C)CC)NC(=O)[C@H](CC)N(C)C(=O)C[C@@H](C(=O)N2CCCCC2)N(C)C(=O)[C@H](CC(C)C)NC(=O)C(C)(C)N(C)C1=O. The van der Waals surface area contributed by atoms with Crippen molar-refractivity contribution >= 4 is 86.8 Å². The number of carbonyl (C=O) groups is 12. The molecule has 26 heteroatoms. The van der Waals surface area contributed by atoms with Gasteiger partial charge in [0.2, 0.25) is 70.9 Å². The number of hydrogen-bond acceptors (Lipinski definition) is 13. The fourth-order valence-corrected chi connectivity index (χ4v) is 12.8. The molecule has 532 valence electrons. The van der Waals surface area contributed by atoms with E-state index >= 15 is 4.79 Å². The van der Waals surface area contributed by atoms with E-state index in [2.05, 4.69) is 37.2 Å². The molecule has 2 aromatic carbocycles. The zero-order valence-corrected chi connectivity index (χ0v) is 61.3.